The van der Waals surface area contributed by atoms with Gasteiger partial charge < -0.3 is 15.0 Å². The molecule has 0 unspecified atom stereocenters. The molecule has 6 nitrogen and oxygen atoms in total. The monoisotopic (exact) mass is 404 g/mol. The molecule has 1 aliphatic rings. The van der Waals surface area contributed by atoms with Crippen LogP contribution in [0.15, 0.2) is 22.5 Å². The number of morpholine rings is 1. The molecule has 0 bridgehead atoms. The highest BCUT2D eigenvalue weighted by Crippen LogP contribution is 2.31. The number of amides is 1. The number of hydrogen-bond donors (Lipinski definition) is 1. The summed E-state index contributed by atoms with van der Waals surface area (Å²) in [5.41, 5.74) is 0.501. The number of carbonyl (C=O) groups excluding carboxylic acids is 1. The van der Waals surface area contributed by atoms with Crippen LogP contribution in [0.4, 0.5) is 10.8 Å². The third-order valence-electron chi connectivity index (χ3n) is 3.23. The van der Waals surface area contributed by atoms with Crippen molar-refractivity contribution in [2.45, 2.75) is 4.34 Å². The molecule has 1 aromatic carbocycles. The summed E-state index contributed by atoms with van der Waals surface area (Å²) in [6, 6.07) is 5.11. The van der Waals surface area contributed by atoms with Crippen molar-refractivity contribution in [2.75, 3.05) is 42.3 Å². The second kappa shape index (κ2) is 8.35. The minimum Gasteiger partial charge on any atom is -0.378 e. The number of carbonyl (C=O) groups is 1. The van der Waals surface area contributed by atoms with Gasteiger partial charge >= 0.3 is 0 Å². The summed E-state index contributed by atoms with van der Waals surface area (Å²) < 4.78 is 6.07. The van der Waals surface area contributed by atoms with Gasteiger partial charge in [-0.2, -0.15) is 0 Å². The first-order valence-corrected chi connectivity index (χ1v) is 9.72. The fourth-order valence-electron chi connectivity index (χ4n) is 2.06. The maximum absolute atomic E-state index is 12.1. The van der Waals surface area contributed by atoms with Gasteiger partial charge in [-0.1, -0.05) is 52.4 Å². The average molecular weight is 405 g/mol. The van der Waals surface area contributed by atoms with Crippen molar-refractivity contribution in [3.63, 3.8) is 0 Å². The van der Waals surface area contributed by atoms with Gasteiger partial charge in [-0.3, -0.25) is 4.79 Å². The lowest BCUT2D eigenvalue weighted by molar-refractivity contribution is -0.113. The van der Waals surface area contributed by atoms with Crippen molar-refractivity contribution >= 4 is 63.0 Å². The predicted molar refractivity (Wildman–Crippen MR) is 98.8 cm³/mol. The van der Waals surface area contributed by atoms with Crippen molar-refractivity contribution in [3.8, 4) is 0 Å². The van der Waals surface area contributed by atoms with Crippen LogP contribution in [0.1, 0.15) is 0 Å². The van der Waals surface area contributed by atoms with Crippen molar-refractivity contribution < 1.29 is 9.53 Å². The molecule has 10 heteroatoms. The highest BCUT2D eigenvalue weighted by atomic mass is 35.5. The average Bonchev–Trinajstić information content (AvgIpc) is 3.07. The van der Waals surface area contributed by atoms with Crippen LogP contribution < -0.4 is 10.2 Å². The van der Waals surface area contributed by atoms with E-state index in [1.165, 1.54) is 23.1 Å². The normalized spacial score (nSPS) is 14.7. The van der Waals surface area contributed by atoms with E-state index in [0.29, 0.717) is 28.9 Å². The Morgan fingerprint density at radius 2 is 2.12 bits per heavy atom. The van der Waals surface area contributed by atoms with E-state index in [9.17, 15) is 4.79 Å². The maximum Gasteiger partial charge on any atom is 0.234 e. The molecule has 1 amide bonds. The Labute approximate surface area is 157 Å². The molecule has 2 aromatic rings. The quantitative estimate of drug-likeness (QED) is 0.769. The molecular formula is C14H14Cl2N4O2S2. The van der Waals surface area contributed by atoms with E-state index in [1.54, 1.807) is 18.2 Å². The molecule has 3 rings (SSSR count). The number of nitrogens with zero attached hydrogens (tertiary/aromatic N) is 3. The molecule has 1 aliphatic heterocycles. The third kappa shape index (κ3) is 4.52. The first-order valence-electron chi connectivity index (χ1n) is 7.16. The number of thioether (sulfide) groups is 1. The van der Waals surface area contributed by atoms with Crippen molar-refractivity contribution in [3.05, 3.63) is 28.2 Å². The maximum atomic E-state index is 12.1. The Bertz CT molecular complexity index is 723. The molecule has 0 spiro atoms. The minimum absolute atomic E-state index is 0.174. The van der Waals surface area contributed by atoms with Gasteiger partial charge in [0.05, 0.1) is 34.7 Å². The number of nitrogens with one attached hydrogen (secondary N) is 1. The zero-order valence-electron chi connectivity index (χ0n) is 12.5. The van der Waals surface area contributed by atoms with Gasteiger partial charge in [-0.05, 0) is 12.1 Å². The number of aromatic nitrogens is 2. The Balaban J connectivity index is 1.53. The molecule has 2 heterocycles. The minimum atomic E-state index is -0.174. The summed E-state index contributed by atoms with van der Waals surface area (Å²) >= 11 is 14.8. The van der Waals surface area contributed by atoms with Gasteiger partial charge in [0.1, 0.15) is 0 Å². The zero-order chi connectivity index (χ0) is 16.9. The number of hydrogen-bond acceptors (Lipinski definition) is 7. The number of rotatable bonds is 5. The summed E-state index contributed by atoms with van der Waals surface area (Å²) in [5, 5.41) is 12.6. The van der Waals surface area contributed by atoms with Crippen LogP contribution in [0.25, 0.3) is 0 Å². The van der Waals surface area contributed by atoms with Gasteiger partial charge in [0.15, 0.2) is 4.34 Å². The molecule has 128 valence electrons. The molecule has 0 atom stereocenters. The highest BCUT2D eigenvalue weighted by molar-refractivity contribution is 8.01. The second-order valence-corrected chi connectivity index (χ2v) is 7.85. The summed E-state index contributed by atoms with van der Waals surface area (Å²) in [4.78, 5) is 14.2. The van der Waals surface area contributed by atoms with Gasteiger partial charge in [0.25, 0.3) is 0 Å². The first kappa shape index (κ1) is 17.8. The summed E-state index contributed by atoms with van der Waals surface area (Å²) in [6.07, 6.45) is 0. The lowest BCUT2D eigenvalue weighted by atomic mass is 10.3. The Morgan fingerprint density at radius 1 is 1.33 bits per heavy atom. The second-order valence-electron chi connectivity index (χ2n) is 4.89. The summed E-state index contributed by atoms with van der Waals surface area (Å²) in [5.74, 6) is 0.0490. The van der Waals surface area contributed by atoms with Crippen LogP contribution in [0.5, 0.6) is 0 Å². The van der Waals surface area contributed by atoms with Crippen LogP contribution in [-0.2, 0) is 9.53 Å². The lowest BCUT2D eigenvalue weighted by Crippen LogP contribution is -2.36. The standard InChI is InChI=1S/C14H14Cl2N4O2S2/c15-9-2-1-3-10(12(9)16)17-11(21)8-23-14-19-18-13(24-14)20-4-6-22-7-5-20/h1-3H,4-8H2,(H,17,21). The van der Waals surface area contributed by atoms with Crippen LogP contribution in [-0.4, -0.2) is 48.2 Å². The number of halogens is 2. The van der Waals surface area contributed by atoms with Gasteiger partial charge in [0, 0.05) is 13.1 Å². The van der Waals surface area contributed by atoms with Gasteiger partial charge in [0.2, 0.25) is 11.0 Å². The van der Waals surface area contributed by atoms with E-state index in [4.69, 9.17) is 27.9 Å². The van der Waals surface area contributed by atoms with E-state index < -0.39 is 0 Å². The fourth-order valence-corrected chi connectivity index (χ4v) is 4.10. The Kier molecular flexibility index (Phi) is 6.18. The molecule has 1 aromatic heterocycles. The molecule has 0 radical (unpaired) electrons. The van der Waals surface area contributed by atoms with Gasteiger partial charge in [-0.25, -0.2) is 0 Å². The fraction of sp³-hybridized carbons (Fsp3) is 0.357. The van der Waals surface area contributed by atoms with Crippen molar-refractivity contribution in [1.82, 2.24) is 10.2 Å². The third-order valence-corrected chi connectivity index (χ3v) is 6.17. The van der Waals surface area contributed by atoms with E-state index in [2.05, 4.69) is 20.4 Å². The van der Waals surface area contributed by atoms with Gasteiger partial charge in [-0.15, -0.1) is 10.2 Å². The highest BCUT2D eigenvalue weighted by Gasteiger charge is 2.16. The van der Waals surface area contributed by atoms with E-state index in [0.717, 1.165) is 22.6 Å². The number of benzene rings is 1. The number of anilines is 2. The summed E-state index contributed by atoms with van der Waals surface area (Å²) in [7, 11) is 0. The van der Waals surface area contributed by atoms with E-state index >= 15 is 0 Å². The smallest absolute Gasteiger partial charge is 0.234 e. The van der Waals surface area contributed by atoms with Crippen LogP contribution in [0, 0.1) is 0 Å². The Morgan fingerprint density at radius 3 is 2.92 bits per heavy atom. The molecule has 0 aliphatic carbocycles. The van der Waals surface area contributed by atoms with Crippen molar-refractivity contribution in [1.29, 1.82) is 0 Å². The molecule has 0 saturated carbocycles. The Hall–Kier alpha value is -1.06. The van der Waals surface area contributed by atoms with Crippen molar-refractivity contribution in [2.24, 2.45) is 0 Å². The molecule has 24 heavy (non-hydrogen) atoms. The van der Waals surface area contributed by atoms with Crippen LogP contribution >= 0.6 is 46.3 Å². The van der Waals surface area contributed by atoms with E-state index in [1.807, 2.05) is 0 Å². The largest absolute Gasteiger partial charge is 0.378 e. The predicted octanol–water partition coefficient (Wildman–Crippen LogP) is 3.41. The molecular weight excluding hydrogens is 391 g/mol. The molecule has 1 N–H and O–H groups in total. The molecule has 1 saturated heterocycles. The lowest BCUT2D eigenvalue weighted by Gasteiger charge is -2.25. The summed E-state index contributed by atoms with van der Waals surface area (Å²) in [6.45, 7) is 3.02. The first-order chi connectivity index (χ1) is 11.6. The number of ether oxygens (including phenoxy) is 1. The SMILES string of the molecule is O=C(CSc1nnc(N2CCOCC2)s1)Nc1cccc(Cl)c1Cl. The topological polar surface area (TPSA) is 67.4 Å². The van der Waals surface area contributed by atoms with E-state index in [-0.39, 0.29) is 11.7 Å². The molecule has 1 fully saturated rings. The van der Waals surface area contributed by atoms with Crippen LogP contribution in [0.3, 0.4) is 0 Å². The zero-order valence-corrected chi connectivity index (χ0v) is 15.6. The van der Waals surface area contributed by atoms with Crippen LogP contribution in [0.2, 0.25) is 10.0 Å².